The topological polar surface area (TPSA) is 79.5 Å². The van der Waals surface area contributed by atoms with Crippen LogP contribution in [0.2, 0.25) is 0 Å². The van der Waals surface area contributed by atoms with Crippen molar-refractivity contribution >= 4 is 30.0 Å². The van der Waals surface area contributed by atoms with Gasteiger partial charge in [0.05, 0.1) is 0 Å². The predicted molar refractivity (Wildman–Crippen MR) is 77.6 cm³/mol. The molecular formula is C13H17ClN4O2. The van der Waals surface area contributed by atoms with Gasteiger partial charge in [-0.2, -0.15) is 0 Å². The van der Waals surface area contributed by atoms with Crippen molar-refractivity contribution in [3.8, 4) is 0 Å². The quantitative estimate of drug-likeness (QED) is 0.906. The zero-order chi connectivity index (χ0) is 13.2. The van der Waals surface area contributed by atoms with E-state index in [0.717, 1.165) is 6.54 Å². The second kappa shape index (κ2) is 6.09. The lowest BCUT2D eigenvalue weighted by atomic mass is 10.1. The van der Waals surface area contributed by atoms with Gasteiger partial charge in [-0.25, -0.2) is 4.79 Å². The summed E-state index contributed by atoms with van der Waals surface area (Å²) in [5.74, 6) is 0.320. The van der Waals surface area contributed by atoms with Crippen LogP contribution in [-0.4, -0.2) is 32.2 Å². The lowest BCUT2D eigenvalue weighted by Crippen LogP contribution is -2.13. The predicted octanol–water partition coefficient (Wildman–Crippen LogP) is 2.45. The Bertz CT molecular complexity index is 607. The number of fused-ring (bicyclic) bond motifs is 1. The van der Waals surface area contributed by atoms with Crippen molar-refractivity contribution in [2.24, 2.45) is 5.92 Å². The van der Waals surface area contributed by atoms with Crippen molar-refractivity contribution in [2.45, 2.75) is 25.7 Å². The number of anilines is 1. The maximum Gasteiger partial charge on any atom is 0.339 e. The number of pyridine rings is 1. The molecule has 3 rings (SSSR count). The van der Waals surface area contributed by atoms with E-state index in [1.807, 2.05) is 0 Å². The highest BCUT2D eigenvalue weighted by molar-refractivity contribution is 5.94. The first-order valence-electron chi connectivity index (χ1n) is 6.56. The average molecular weight is 297 g/mol. The van der Waals surface area contributed by atoms with Crippen molar-refractivity contribution in [3.63, 3.8) is 0 Å². The zero-order valence-corrected chi connectivity index (χ0v) is 11.8. The third-order valence-corrected chi connectivity index (χ3v) is 3.69. The molecule has 1 aliphatic carbocycles. The van der Waals surface area contributed by atoms with E-state index < -0.39 is 5.97 Å². The molecule has 0 amide bonds. The summed E-state index contributed by atoms with van der Waals surface area (Å²) in [6.45, 7) is 0.873. The van der Waals surface area contributed by atoms with Crippen LogP contribution in [0.3, 0.4) is 0 Å². The van der Waals surface area contributed by atoms with Crippen LogP contribution in [0, 0.1) is 5.92 Å². The maximum absolute atomic E-state index is 11.1. The number of rotatable bonds is 4. The van der Waals surface area contributed by atoms with Gasteiger partial charge in [0.15, 0.2) is 5.65 Å². The third kappa shape index (κ3) is 2.70. The molecule has 6 nitrogen and oxygen atoms in total. The molecule has 20 heavy (non-hydrogen) atoms. The molecule has 2 heterocycles. The van der Waals surface area contributed by atoms with Crippen LogP contribution < -0.4 is 5.32 Å². The van der Waals surface area contributed by atoms with Gasteiger partial charge in [-0.05, 0) is 30.9 Å². The number of carbonyl (C=O) groups is 1. The van der Waals surface area contributed by atoms with Gasteiger partial charge in [0, 0.05) is 12.7 Å². The molecule has 2 N–H and O–H groups in total. The Morgan fingerprint density at radius 3 is 2.85 bits per heavy atom. The molecule has 0 aliphatic heterocycles. The number of halogens is 1. The van der Waals surface area contributed by atoms with Crippen LogP contribution in [0.15, 0.2) is 18.3 Å². The highest BCUT2D eigenvalue weighted by atomic mass is 35.5. The van der Waals surface area contributed by atoms with Gasteiger partial charge in [0.1, 0.15) is 5.56 Å². The maximum atomic E-state index is 11.1. The molecule has 0 radical (unpaired) electrons. The molecule has 2 aromatic heterocycles. The molecule has 0 unspecified atom stereocenters. The Morgan fingerprint density at radius 2 is 2.15 bits per heavy atom. The lowest BCUT2D eigenvalue weighted by molar-refractivity contribution is 0.0698. The van der Waals surface area contributed by atoms with Crippen molar-refractivity contribution in [1.29, 1.82) is 0 Å². The molecular weight excluding hydrogens is 280 g/mol. The first kappa shape index (κ1) is 14.6. The molecule has 1 fully saturated rings. The number of carboxylic acid groups (broad SMARTS) is 1. The number of carboxylic acids is 1. The van der Waals surface area contributed by atoms with Gasteiger partial charge in [-0.1, -0.05) is 12.8 Å². The second-order valence-electron chi connectivity index (χ2n) is 4.98. The average Bonchev–Trinajstić information content (AvgIpc) is 3.05. The fourth-order valence-corrected chi connectivity index (χ4v) is 2.65. The second-order valence-corrected chi connectivity index (χ2v) is 4.98. The minimum absolute atomic E-state index is 0. The minimum Gasteiger partial charge on any atom is -0.478 e. The summed E-state index contributed by atoms with van der Waals surface area (Å²) in [5.41, 5.74) is 0.549. The number of aromatic nitrogens is 3. The normalized spacial score (nSPS) is 15.2. The van der Waals surface area contributed by atoms with E-state index in [2.05, 4.69) is 15.5 Å². The summed E-state index contributed by atoms with van der Waals surface area (Å²) in [6, 6.07) is 3.23. The highest BCUT2D eigenvalue weighted by Gasteiger charge is 2.17. The van der Waals surface area contributed by atoms with Crippen LogP contribution in [0.25, 0.3) is 5.65 Å². The number of hydrogen-bond donors (Lipinski definition) is 2. The summed E-state index contributed by atoms with van der Waals surface area (Å²) >= 11 is 0. The SMILES string of the molecule is Cl.O=C(O)c1cccn2c(NCC3CCCC3)nnc12. The lowest BCUT2D eigenvalue weighted by Gasteiger charge is -2.10. The minimum atomic E-state index is -0.986. The summed E-state index contributed by atoms with van der Waals surface area (Å²) < 4.78 is 1.69. The van der Waals surface area contributed by atoms with Crippen molar-refractivity contribution < 1.29 is 9.90 Å². The molecule has 0 spiro atoms. The van der Waals surface area contributed by atoms with Crippen molar-refractivity contribution in [1.82, 2.24) is 14.6 Å². The first-order valence-corrected chi connectivity index (χ1v) is 6.56. The van der Waals surface area contributed by atoms with E-state index >= 15 is 0 Å². The molecule has 1 saturated carbocycles. The van der Waals surface area contributed by atoms with Gasteiger partial charge >= 0.3 is 5.97 Å². The number of aromatic carboxylic acids is 1. The van der Waals surface area contributed by atoms with E-state index in [0.29, 0.717) is 17.5 Å². The standard InChI is InChI=1S/C13H16N4O2.ClH/c18-12(19)10-6-3-7-17-11(10)15-16-13(17)14-8-9-4-1-2-5-9;/h3,6-7,9H,1-2,4-5,8H2,(H,14,16)(H,18,19);1H. The van der Waals surface area contributed by atoms with E-state index in [-0.39, 0.29) is 18.0 Å². The molecule has 2 aromatic rings. The number of nitrogens with zero attached hydrogens (tertiary/aromatic N) is 3. The van der Waals surface area contributed by atoms with E-state index in [9.17, 15) is 4.79 Å². The van der Waals surface area contributed by atoms with Crippen LogP contribution in [0.4, 0.5) is 5.95 Å². The van der Waals surface area contributed by atoms with Crippen LogP contribution in [0.5, 0.6) is 0 Å². The zero-order valence-electron chi connectivity index (χ0n) is 11.0. The number of hydrogen-bond acceptors (Lipinski definition) is 4. The molecule has 7 heteroatoms. The molecule has 0 bridgehead atoms. The largest absolute Gasteiger partial charge is 0.478 e. The Kier molecular flexibility index (Phi) is 4.44. The number of nitrogens with one attached hydrogen (secondary N) is 1. The molecule has 1 aliphatic rings. The summed E-state index contributed by atoms with van der Waals surface area (Å²) in [4.78, 5) is 11.1. The molecule has 0 saturated heterocycles. The smallest absolute Gasteiger partial charge is 0.339 e. The van der Waals surface area contributed by atoms with Gasteiger partial charge < -0.3 is 10.4 Å². The Hall–Kier alpha value is -1.82. The third-order valence-electron chi connectivity index (χ3n) is 3.69. The molecule has 0 atom stereocenters. The monoisotopic (exact) mass is 296 g/mol. The summed E-state index contributed by atoms with van der Waals surface area (Å²) in [7, 11) is 0. The Balaban J connectivity index is 0.00000147. The Labute approximate surface area is 122 Å². The first-order chi connectivity index (χ1) is 9.25. The van der Waals surface area contributed by atoms with Gasteiger partial charge in [-0.3, -0.25) is 4.40 Å². The van der Waals surface area contributed by atoms with Gasteiger partial charge in [0.2, 0.25) is 5.95 Å². The fourth-order valence-electron chi connectivity index (χ4n) is 2.65. The summed E-state index contributed by atoms with van der Waals surface area (Å²) in [5, 5.41) is 20.4. The van der Waals surface area contributed by atoms with E-state index in [1.165, 1.54) is 31.7 Å². The van der Waals surface area contributed by atoms with E-state index in [4.69, 9.17) is 5.11 Å². The molecule has 0 aromatic carbocycles. The van der Waals surface area contributed by atoms with Crippen molar-refractivity contribution in [2.75, 3.05) is 11.9 Å². The summed E-state index contributed by atoms with van der Waals surface area (Å²) in [6.07, 6.45) is 6.89. The van der Waals surface area contributed by atoms with Crippen LogP contribution in [-0.2, 0) is 0 Å². The van der Waals surface area contributed by atoms with Crippen molar-refractivity contribution in [3.05, 3.63) is 23.9 Å². The van der Waals surface area contributed by atoms with E-state index in [1.54, 1.807) is 16.7 Å². The molecule has 108 valence electrons. The Morgan fingerprint density at radius 1 is 1.40 bits per heavy atom. The highest BCUT2D eigenvalue weighted by Crippen LogP contribution is 2.24. The van der Waals surface area contributed by atoms with Gasteiger partial charge in [-0.15, -0.1) is 22.6 Å². The fraction of sp³-hybridized carbons (Fsp3) is 0.462. The van der Waals surface area contributed by atoms with Crippen LogP contribution >= 0.6 is 12.4 Å². The van der Waals surface area contributed by atoms with Gasteiger partial charge in [0.25, 0.3) is 0 Å². The van der Waals surface area contributed by atoms with Crippen LogP contribution in [0.1, 0.15) is 36.0 Å².